The fourth-order valence-corrected chi connectivity index (χ4v) is 4.05. The van der Waals surface area contributed by atoms with Gasteiger partial charge in [0.25, 0.3) is 0 Å². The summed E-state index contributed by atoms with van der Waals surface area (Å²) in [6.07, 6.45) is -0.624. The summed E-state index contributed by atoms with van der Waals surface area (Å²) in [6.45, 7) is 1.05. The normalized spacial score (nSPS) is 47.5. The van der Waals surface area contributed by atoms with Crippen LogP contribution in [0.4, 0.5) is 0 Å². The van der Waals surface area contributed by atoms with E-state index in [0.717, 1.165) is 0 Å². The smallest absolute Gasteiger partial charge is 0.157 e. The van der Waals surface area contributed by atoms with Crippen LogP contribution in [0.2, 0.25) is 0 Å². The van der Waals surface area contributed by atoms with Gasteiger partial charge in [-0.3, -0.25) is 0 Å². The highest BCUT2D eigenvalue weighted by Crippen LogP contribution is 2.28. The Morgan fingerprint density at radius 3 is 2.64 bits per heavy atom. The minimum absolute atomic E-state index is 0.0706. The molecule has 2 fully saturated rings. The maximum Gasteiger partial charge on any atom is 0.157 e. The number of rotatable bonds is 0. The summed E-state index contributed by atoms with van der Waals surface area (Å²) in [5, 5.41) is 11.9. The predicted molar refractivity (Wildman–Crippen MR) is 39.9 cm³/mol. The first-order valence-corrected chi connectivity index (χ1v) is 5.43. The number of hydrogen-bond donors (Lipinski definition) is 2. The van der Waals surface area contributed by atoms with Crippen molar-refractivity contribution in [3.63, 3.8) is 0 Å². The molecule has 3 atom stereocenters. The van der Waals surface area contributed by atoms with Gasteiger partial charge in [-0.15, -0.1) is 0 Å². The summed E-state index contributed by atoms with van der Waals surface area (Å²) in [6, 6.07) is 0. The van der Waals surface area contributed by atoms with Crippen molar-refractivity contribution in [2.24, 2.45) is 5.92 Å². The molecule has 5 heteroatoms. The second-order valence-electron chi connectivity index (χ2n) is 3.28. The van der Waals surface area contributed by atoms with E-state index in [1.807, 2.05) is 0 Å². The third kappa shape index (κ3) is 0.988. The number of piperidine rings is 1. The van der Waals surface area contributed by atoms with Gasteiger partial charge in [-0.2, -0.15) is 0 Å². The van der Waals surface area contributed by atoms with Crippen LogP contribution in [0.25, 0.3) is 0 Å². The summed E-state index contributed by atoms with van der Waals surface area (Å²) < 4.78 is 22.5. The second kappa shape index (κ2) is 2.18. The summed E-state index contributed by atoms with van der Waals surface area (Å²) in [7, 11) is -2.99. The number of fused-ring (bicyclic) bond motifs is 2. The lowest BCUT2D eigenvalue weighted by Crippen LogP contribution is -2.46. The Labute approximate surface area is 65.5 Å². The Morgan fingerprint density at radius 1 is 1.36 bits per heavy atom. The van der Waals surface area contributed by atoms with Gasteiger partial charge in [-0.1, -0.05) is 0 Å². The van der Waals surface area contributed by atoms with Crippen molar-refractivity contribution in [1.82, 2.24) is 5.32 Å². The topological polar surface area (TPSA) is 66.4 Å². The molecule has 2 saturated heterocycles. The highest BCUT2D eigenvalue weighted by Gasteiger charge is 2.48. The zero-order valence-electron chi connectivity index (χ0n) is 6.03. The average Bonchev–Trinajstić information content (AvgIpc) is 2.11. The molecule has 0 saturated carbocycles. The molecule has 2 aliphatic rings. The molecule has 0 aromatic heterocycles. The van der Waals surface area contributed by atoms with E-state index in [4.69, 9.17) is 0 Å². The van der Waals surface area contributed by atoms with Gasteiger partial charge in [-0.25, -0.2) is 8.42 Å². The monoisotopic (exact) mass is 177 g/mol. The molecule has 0 aromatic carbocycles. The fourth-order valence-electron chi connectivity index (χ4n) is 1.87. The molecule has 2 bridgehead atoms. The highest BCUT2D eigenvalue weighted by molar-refractivity contribution is 7.92. The molecule has 0 aliphatic carbocycles. The summed E-state index contributed by atoms with van der Waals surface area (Å²) in [5.74, 6) is 0.0880. The molecule has 64 valence electrons. The standard InChI is InChI=1S/C6H11NO3S/c8-6-4-1-7-2-5(6)11(9,10)3-4/h4-8H,1-3H2. The maximum atomic E-state index is 11.3. The third-order valence-corrected chi connectivity index (χ3v) is 4.78. The van der Waals surface area contributed by atoms with Gasteiger partial charge < -0.3 is 10.4 Å². The Bertz CT molecular complexity index is 261. The first-order valence-electron chi connectivity index (χ1n) is 3.71. The van der Waals surface area contributed by atoms with E-state index < -0.39 is 21.2 Å². The van der Waals surface area contributed by atoms with Gasteiger partial charge >= 0.3 is 0 Å². The van der Waals surface area contributed by atoms with E-state index in [1.165, 1.54) is 0 Å². The van der Waals surface area contributed by atoms with Crippen LogP contribution in [-0.2, 0) is 9.84 Å². The molecule has 4 nitrogen and oxygen atoms in total. The van der Waals surface area contributed by atoms with E-state index in [-0.39, 0.29) is 11.7 Å². The van der Waals surface area contributed by atoms with Gasteiger partial charge in [-0.05, 0) is 0 Å². The van der Waals surface area contributed by atoms with Crippen LogP contribution in [0, 0.1) is 5.92 Å². The minimum atomic E-state index is -2.99. The Morgan fingerprint density at radius 2 is 2.09 bits per heavy atom. The Balaban J connectivity index is 2.37. The Hall–Kier alpha value is -0.130. The van der Waals surface area contributed by atoms with Gasteiger partial charge in [0.05, 0.1) is 17.1 Å². The van der Waals surface area contributed by atoms with Crippen LogP contribution in [0.1, 0.15) is 0 Å². The fraction of sp³-hybridized carbons (Fsp3) is 1.00. The molecule has 0 spiro atoms. The average molecular weight is 177 g/mol. The third-order valence-electron chi connectivity index (χ3n) is 2.52. The number of nitrogens with one attached hydrogen (secondary N) is 1. The van der Waals surface area contributed by atoms with Crippen molar-refractivity contribution in [2.45, 2.75) is 11.4 Å². The molecule has 2 aliphatic heterocycles. The van der Waals surface area contributed by atoms with Crippen molar-refractivity contribution < 1.29 is 13.5 Å². The zero-order chi connectivity index (χ0) is 8.06. The minimum Gasteiger partial charge on any atom is -0.391 e. The van der Waals surface area contributed by atoms with Gasteiger partial charge in [0.2, 0.25) is 0 Å². The lowest BCUT2D eigenvalue weighted by Gasteiger charge is -2.23. The van der Waals surface area contributed by atoms with Crippen LogP contribution in [0.15, 0.2) is 0 Å². The lowest BCUT2D eigenvalue weighted by molar-refractivity contribution is 0.106. The lowest BCUT2D eigenvalue weighted by atomic mass is 9.99. The molecular formula is C6H11NO3S. The quantitative estimate of drug-likeness (QED) is 0.466. The van der Waals surface area contributed by atoms with Crippen molar-refractivity contribution in [1.29, 1.82) is 0 Å². The SMILES string of the molecule is O=S1(=O)CC2CNCC1C2O. The number of aliphatic hydroxyl groups excluding tert-OH is 1. The highest BCUT2D eigenvalue weighted by atomic mass is 32.2. The molecule has 3 unspecified atom stereocenters. The summed E-state index contributed by atoms with van der Waals surface area (Å²) >= 11 is 0. The van der Waals surface area contributed by atoms with Crippen molar-refractivity contribution in [3.05, 3.63) is 0 Å². The molecule has 0 radical (unpaired) electrons. The molecule has 2 rings (SSSR count). The second-order valence-corrected chi connectivity index (χ2v) is 5.54. The number of hydrogen-bond acceptors (Lipinski definition) is 4. The van der Waals surface area contributed by atoms with Crippen LogP contribution >= 0.6 is 0 Å². The molecule has 2 heterocycles. The molecule has 2 N–H and O–H groups in total. The zero-order valence-corrected chi connectivity index (χ0v) is 6.84. The maximum absolute atomic E-state index is 11.3. The predicted octanol–water partition coefficient (Wildman–Crippen LogP) is -1.64. The van der Waals surface area contributed by atoms with Gasteiger partial charge in [0, 0.05) is 19.0 Å². The van der Waals surface area contributed by atoms with E-state index in [0.29, 0.717) is 13.1 Å². The van der Waals surface area contributed by atoms with Crippen molar-refractivity contribution in [2.75, 3.05) is 18.8 Å². The number of aliphatic hydroxyl groups is 1. The molecule has 0 amide bonds. The van der Waals surface area contributed by atoms with E-state index in [1.54, 1.807) is 0 Å². The van der Waals surface area contributed by atoms with Crippen molar-refractivity contribution >= 4 is 9.84 Å². The number of sulfone groups is 1. The van der Waals surface area contributed by atoms with Crippen LogP contribution in [-0.4, -0.2) is 43.7 Å². The first-order chi connectivity index (χ1) is 5.11. The molecule has 0 aromatic rings. The van der Waals surface area contributed by atoms with E-state index in [2.05, 4.69) is 5.32 Å². The van der Waals surface area contributed by atoms with Crippen molar-refractivity contribution in [3.8, 4) is 0 Å². The van der Waals surface area contributed by atoms with Crippen LogP contribution in [0.3, 0.4) is 0 Å². The molecular weight excluding hydrogens is 166 g/mol. The largest absolute Gasteiger partial charge is 0.391 e. The summed E-state index contributed by atoms with van der Waals surface area (Å²) in [4.78, 5) is 0. The van der Waals surface area contributed by atoms with Gasteiger partial charge in [0.1, 0.15) is 0 Å². The van der Waals surface area contributed by atoms with E-state index in [9.17, 15) is 13.5 Å². The van der Waals surface area contributed by atoms with Crippen LogP contribution < -0.4 is 5.32 Å². The van der Waals surface area contributed by atoms with Gasteiger partial charge in [0.15, 0.2) is 9.84 Å². The van der Waals surface area contributed by atoms with Crippen LogP contribution in [0.5, 0.6) is 0 Å². The Kier molecular flexibility index (Phi) is 1.49. The summed E-state index contributed by atoms with van der Waals surface area (Å²) in [5.41, 5.74) is 0. The van der Waals surface area contributed by atoms with E-state index >= 15 is 0 Å². The molecule has 11 heavy (non-hydrogen) atoms. The first kappa shape index (κ1) is 7.52.